The van der Waals surface area contributed by atoms with Crippen LogP contribution in [0.2, 0.25) is 0 Å². The summed E-state index contributed by atoms with van der Waals surface area (Å²) in [4.78, 5) is 13.8. The van der Waals surface area contributed by atoms with Crippen LogP contribution in [0, 0.1) is 11.8 Å². The van der Waals surface area contributed by atoms with E-state index in [0.29, 0.717) is 11.8 Å². The minimum absolute atomic E-state index is 0.0846. The van der Waals surface area contributed by atoms with E-state index in [1.165, 1.54) is 12.8 Å². The molecule has 1 aliphatic carbocycles. The fourth-order valence-electron chi connectivity index (χ4n) is 2.24. The highest BCUT2D eigenvalue weighted by Crippen LogP contribution is 2.37. The number of nitrogens with zero attached hydrogens (tertiary/aromatic N) is 1. The number of carbonyl (C=O) groups excluding carboxylic acids is 1. The second-order valence-electron chi connectivity index (χ2n) is 4.70. The molecule has 0 radical (unpaired) electrons. The second-order valence-corrected chi connectivity index (χ2v) is 4.70. The van der Waals surface area contributed by atoms with Crippen molar-refractivity contribution in [2.24, 2.45) is 11.8 Å². The summed E-state index contributed by atoms with van der Waals surface area (Å²) < 4.78 is 0. The average molecular weight is 196 g/mol. The Labute approximate surface area is 85.8 Å². The molecular formula is C11H20N2O. The molecule has 0 bridgehead atoms. The quantitative estimate of drug-likeness (QED) is 0.732. The van der Waals surface area contributed by atoms with Crippen molar-refractivity contribution in [1.82, 2.24) is 10.2 Å². The first-order valence-corrected chi connectivity index (χ1v) is 5.74. The van der Waals surface area contributed by atoms with E-state index >= 15 is 0 Å². The van der Waals surface area contributed by atoms with E-state index < -0.39 is 0 Å². The number of carbonyl (C=O) groups is 1. The maximum atomic E-state index is 11.8. The van der Waals surface area contributed by atoms with Crippen LogP contribution in [-0.2, 0) is 4.79 Å². The molecule has 1 amide bonds. The lowest BCUT2D eigenvalue weighted by Gasteiger charge is -2.20. The van der Waals surface area contributed by atoms with E-state index in [4.69, 9.17) is 0 Å². The molecule has 2 fully saturated rings. The van der Waals surface area contributed by atoms with Gasteiger partial charge in [-0.15, -0.1) is 0 Å². The molecule has 1 heterocycles. The maximum absolute atomic E-state index is 11.8. The summed E-state index contributed by atoms with van der Waals surface area (Å²) in [5.74, 6) is 1.89. The topological polar surface area (TPSA) is 32.3 Å². The second kappa shape index (κ2) is 3.89. The molecule has 2 unspecified atom stereocenters. The monoisotopic (exact) mass is 196 g/mol. The Hall–Kier alpha value is -0.570. The molecule has 14 heavy (non-hydrogen) atoms. The van der Waals surface area contributed by atoms with Gasteiger partial charge in [0.15, 0.2) is 0 Å². The molecule has 0 aromatic rings. The van der Waals surface area contributed by atoms with E-state index in [0.717, 1.165) is 25.6 Å². The first-order chi connectivity index (χ1) is 6.72. The summed E-state index contributed by atoms with van der Waals surface area (Å²) in [5, 5.41) is 3.25. The van der Waals surface area contributed by atoms with Gasteiger partial charge in [0.05, 0.1) is 12.7 Å². The molecular weight excluding hydrogens is 176 g/mol. The minimum atomic E-state index is 0.0846. The molecule has 0 aromatic carbocycles. The van der Waals surface area contributed by atoms with E-state index in [1.807, 2.05) is 4.90 Å². The smallest absolute Gasteiger partial charge is 0.240 e. The number of nitrogens with one attached hydrogen (secondary N) is 1. The Bertz CT molecular complexity index is 225. The molecule has 1 saturated heterocycles. The van der Waals surface area contributed by atoms with Crippen LogP contribution < -0.4 is 5.32 Å². The highest BCUT2D eigenvalue weighted by Gasteiger charge is 2.34. The van der Waals surface area contributed by atoms with Crippen molar-refractivity contribution >= 4 is 5.91 Å². The van der Waals surface area contributed by atoms with Gasteiger partial charge in [-0.25, -0.2) is 0 Å². The van der Waals surface area contributed by atoms with Gasteiger partial charge in [0.1, 0.15) is 0 Å². The summed E-state index contributed by atoms with van der Waals surface area (Å²) in [7, 11) is 0. The molecule has 3 heteroatoms. The molecule has 0 aromatic heterocycles. The predicted molar refractivity (Wildman–Crippen MR) is 55.7 cm³/mol. The van der Waals surface area contributed by atoms with Crippen LogP contribution in [0.4, 0.5) is 0 Å². The van der Waals surface area contributed by atoms with Crippen LogP contribution in [0.15, 0.2) is 0 Å². The van der Waals surface area contributed by atoms with Gasteiger partial charge < -0.3 is 4.90 Å². The lowest BCUT2D eigenvalue weighted by atomic mass is 10.1. The Morgan fingerprint density at radius 3 is 2.79 bits per heavy atom. The zero-order valence-electron chi connectivity index (χ0n) is 9.12. The zero-order chi connectivity index (χ0) is 10.1. The molecule has 3 nitrogen and oxygen atoms in total. The first kappa shape index (κ1) is 9.97. The Balaban J connectivity index is 1.83. The van der Waals surface area contributed by atoms with Gasteiger partial charge in [0.2, 0.25) is 5.91 Å². The van der Waals surface area contributed by atoms with Crippen molar-refractivity contribution in [3.63, 3.8) is 0 Å². The van der Waals surface area contributed by atoms with Gasteiger partial charge in [0.25, 0.3) is 0 Å². The van der Waals surface area contributed by atoms with Gasteiger partial charge in [-0.1, -0.05) is 13.8 Å². The summed E-state index contributed by atoms with van der Waals surface area (Å²) in [6, 6.07) is 0.0846. The summed E-state index contributed by atoms with van der Waals surface area (Å²) in [6.07, 6.45) is 3.65. The largest absolute Gasteiger partial charge is 0.328 e. The van der Waals surface area contributed by atoms with Crippen molar-refractivity contribution in [2.45, 2.75) is 39.2 Å². The molecule has 1 aliphatic heterocycles. The van der Waals surface area contributed by atoms with Crippen molar-refractivity contribution in [1.29, 1.82) is 0 Å². The Kier molecular flexibility index (Phi) is 2.77. The first-order valence-electron chi connectivity index (χ1n) is 5.74. The van der Waals surface area contributed by atoms with Crippen LogP contribution in [0.5, 0.6) is 0 Å². The molecule has 1 N–H and O–H groups in total. The normalized spacial score (nSPS) is 29.7. The van der Waals surface area contributed by atoms with Crippen molar-refractivity contribution in [3.8, 4) is 0 Å². The fraction of sp³-hybridized carbons (Fsp3) is 0.909. The van der Waals surface area contributed by atoms with E-state index in [-0.39, 0.29) is 6.04 Å². The third-order valence-corrected chi connectivity index (χ3v) is 3.48. The van der Waals surface area contributed by atoms with Crippen molar-refractivity contribution in [2.75, 3.05) is 13.2 Å². The summed E-state index contributed by atoms with van der Waals surface area (Å²) >= 11 is 0. The number of hydrogen-bond donors (Lipinski definition) is 1. The van der Waals surface area contributed by atoms with Gasteiger partial charge in [0, 0.05) is 6.54 Å². The Morgan fingerprint density at radius 2 is 2.29 bits per heavy atom. The zero-order valence-corrected chi connectivity index (χ0v) is 9.12. The van der Waals surface area contributed by atoms with Crippen LogP contribution in [-0.4, -0.2) is 30.1 Å². The number of hydrogen-bond acceptors (Lipinski definition) is 2. The minimum Gasteiger partial charge on any atom is -0.328 e. The molecule has 1 saturated carbocycles. The van der Waals surface area contributed by atoms with Crippen LogP contribution in [0.1, 0.15) is 33.1 Å². The van der Waals surface area contributed by atoms with Gasteiger partial charge in [-0.2, -0.15) is 0 Å². The summed E-state index contributed by atoms with van der Waals surface area (Å²) in [5.41, 5.74) is 0. The molecule has 2 rings (SSSR count). The maximum Gasteiger partial charge on any atom is 0.240 e. The van der Waals surface area contributed by atoms with Gasteiger partial charge in [-0.3, -0.25) is 10.1 Å². The fourth-order valence-corrected chi connectivity index (χ4v) is 2.24. The third-order valence-electron chi connectivity index (χ3n) is 3.48. The lowest BCUT2D eigenvalue weighted by Crippen LogP contribution is -2.33. The number of amides is 1. The van der Waals surface area contributed by atoms with Crippen molar-refractivity contribution in [3.05, 3.63) is 0 Å². The van der Waals surface area contributed by atoms with Crippen LogP contribution in [0.25, 0.3) is 0 Å². The van der Waals surface area contributed by atoms with Crippen molar-refractivity contribution < 1.29 is 4.79 Å². The molecule has 0 spiro atoms. The Morgan fingerprint density at radius 1 is 1.57 bits per heavy atom. The SMILES string of the molecule is CCC1NCN(CC(C)C2CC2)C1=O. The van der Waals surface area contributed by atoms with Gasteiger partial charge >= 0.3 is 0 Å². The molecule has 2 aliphatic rings. The number of rotatable bonds is 4. The highest BCUT2D eigenvalue weighted by atomic mass is 16.2. The predicted octanol–water partition coefficient (Wildman–Crippen LogP) is 1.20. The lowest BCUT2D eigenvalue weighted by molar-refractivity contribution is -0.129. The average Bonchev–Trinajstić information content (AvgIpc) is 2.95. The van der Waals surface area contributed by atoms with Crippen LogP contribution in [0.3, 0.4) is 0 Å². The van der Waals surface area contributed by atoms with Crippen LogP contribution >= 0.6 is 0 Å². The summed E-state index contributed by atoms with van der Waals surface area (Å²) in [6.45, 7) is 6.04. The van der Waals surface area contributed by atoms with E-state index in [2.05, 4.69) is 19.2 Å². The van der Waals surface area contributed by atoms with Gasteiger partial charge in [-0.05, 0) is 31.1 Å². The molecule has 2 atom stereocenters. The highest BCUT2D eigenvalue weighted by molar-refractivity contribution is 5.83. The van der Waals surface area contributed by atoms with E-state index in [1.54, 1.807) is 0 Å². The third kappa shape index (κ3) is 1.92. The standard InChI is InChI=1S/C11H20N2O/c1-3-10-11(14)13(7-12-10)6-8(2)9-4-5-9/h8-10,12H,3-7H2,1-2H3. The van der Waals surface area contributed by atoms with E-state index in [9.17, 15) is 4.79 Å². The molecule has 80 valence electrons.